The first-order chi connectivity index (χ1) is 8.38. The topological polar surface area (TPSA) is 63.8 Å². The van der Waals surface area contributed by atoms with Gasteiger partial charge in [0.1, 0.15) is 17.5 Å². The first kappa shape index (κ1) is 12.8. The van der Waals surface area contributed by atoms with E-state index in [1.54, 1.807) is 11.3 Å². The Balaban J connectivity index is 2.43. The number of nitrogens with one attached hydrogen (secondary N) is 1. The number of anilines is 3. The lowest BCUT2D eigenvalue weighted by Gasteiger charge is -2.19. The third-order valence-electron chi connectivity index (χ3n) is 2.64. The van der Waals surface area contributed by atoms with E-state index in [9.17, 15) is 0 Å². The van der Waals surface area contributed by atoms with Gasteiger partial charge in [-0.2, -0.15) is 11.3 Å². The lowest BCUT2D eigenvalue weighted by Crippen LogP contribution is -2.18. The van der Waals surface area contributed by atoms with Crippen molar-refractivity contribution in [1.82, 2.24) is 9.97 Å². The molecular formula is C13H18N4S. The monoisotopic (exact) mass is 262 g/mol. The van der Waals surface area contributed by atoms with E-state index in [0.717, 1.165) is 22.9 Å². The Morgan fingerprint density at radius 3 is 2.56 bits per heavy atom. The molecule has 0 saturated heterocycles. The van der Waals surface area contributed by atoms with Crippen LogP contribution < -0.4 is 11.1 Å². The first-order valence-corrected chi connectivity index (χ1v) is 6.76. The van der Waals surface area contributed by atoms with Crippen molar-refractivity contribution in [3.8, 4) is 0 Å². The summed E-state index contributed by atoms with van der Waals surface area (Å²) in [5.41, 5.74) is 7.75. The fourth-order valence-corrected chi connectivity index (χ4v) is 2.05. The lowest BCUT2D eigenvalue weighted by atomic mass is 9.95. The molecule has 0 aliphatic carbocycles. The largest absolute Gasteiger partial charge is 0.383 e. The normalized spacial score (nSPS) is 11.6. The van der Waals surface area contributed by atoms with Gasteiger partial charge in [0.25, 0.3) is 0 Å². The van der Waals surface area contributed by atoms with E-state index in [-0.39, 0.29) is 5.41 Å². The van der Waals surface area contributed by atoms with Crippen LogP contribution >= 0.6 is 11.3 Å². The van der Waals surface area contributed by atoms with Gasteiger partial charge >= 0.3 is 0 Å². The molecule has 0 unspecified atom stereocenters. The zero-order chi connectivity index (χ0) is 13.3. The van der Waals surface area contributed by atoms with Crippen molar-refractivity contribution in [3.05, 3.63) is 28.2 Å². The maximum absolute atomic E-state index is 5.96. The molecule has 3 N–H and O–H groups in total. The smallest absolute Gasteiger partial charge is 0.139 e. The standard InChI is InChI=1S/C13H18N4S/c1-8-10(14)16-12(13(2,3)4)17-11(8)15-9-5-6-18-7-9/h5-7H,1-4H3,(H3,14,15,16,17). The van der Waals surface area contributed by atoms with Gasteiger partial charge in [-0.15, -0.1) is 0 Å². The van der Waals surface area contributed by atoms with Crippen LogP contribution in [-0.2, 0) is 5.41 Å². The van der Waals surface area contributed by atoms with Crippen LogP contribution in [0.4, 0.5) is 17.3 Å². The van der Waals surface area contributed by atoms with Gasteiger partial charge in [0.05, 0.1) is 5.69 Å². The van der Waals surface area contributed by atoms with Crippen LogP contribution in [0.5, 0.6) is 0 Å². The fraction of sp³-hybridized carbons (Fsp3) is 0.385. The van der Waals surface area contributed by atoms with Crippen molar-refractivity contribution >= 4 is 28.7 Å². The van der Waals surface area contributed by atoms with Gasteiger partial charge in [-0.25, -0.2) is 9.97 Å². The fourth-order valence-electron chi connectivity index (χ4n) is 1.46. The SMILES string of the molecule is Cc1c(N)nc(C(C)(C)C)nc1Nc1ccsc1. The molecule has 2 heterocycles. The summed E-state index contributed by atoms with van der Waals surface area (Å²) in [5, 5.41) is 7.34. The van der Waals surface area contributed by atoms with Gasteiger partial charge in [0.15, 0.2) is 0 Å². The summed E-state index contributed by atoms with van der Waals surface area (Å²) in [6, 6.07) is 2.01. The molecule has 4 nitrogen and oxygen atoms in total. The van der Waals surface area contributed by atoms with Gasteiger partial charge in [0.2, 0.25) is 0 Å². The second kappa shape index (κ2) is 4.57. The molecule has 0 atom stereocenters. The summed E-state index contributed by atoms with van der Waals surface area (Å²) >= 11 is 1.64. The van der Waals surface area contributed by atoms with E-state index < -0.39 is 0 Å². The summed E-state index contributed by atoms with van der Waals surface area (Å²) in [6.45, 7) is 8.15. The number of nitrogens with zero attached hydrogens (tertiary/aromatic N) is 2. The third-order valence-corrected chi connectivity index (χ3v) is 3.32. The highest BCUT2D eigenvalue weighted by molar-refractivity contribution is 7.08. The van der Waals surface area contributed by atoms with E-state index in [4.69, 9.17) is 5.73 Å². The van der Waals surface area contributed by atoms with Crippen LogP contribution in [0.15, 0.2) is 16.8 Å². The Labute approximate surface area is 111 Å². The van der Waals surface area contributed by atoms with Gasteiger partial charge in [-0.05, 0) is 18.4 Å². The van der Waals surface area contributed by atoms with Crippen LogP contribution in [0, 0.1) is 6.92 Å². The molecule has 5 heteroatoms. The number of nitrogen functional groups attached to an aromatic ring is 1. The summed E-state index contributed by atoms with van der Waals surface area (Å²) in [5.74, 6) is 2.07. The third kappa shape index (κ3) is 2.61. The minimum atomic E-state index is -0.118. The second-order valence-corrected chi connectivity index (χ2v) is 6.07. The molecule has 18 heavy (non-hydrogen) atoms. The zero-order valence-corrected chi connectivity index (χ0v) is 11.9. The molecule has 0 bridgehead atoms. The van der Waals surface area contributed by atoms with Crippen LogP contribution in [0.2, 0.25) is 0 Å². The Morgan fingerprint density at radius 1 is 1.28 bits per heavy atom. The van der Waals surface area contributed by atoms with Crippen molar-refractivity contribution < 1.29 is 0 Å². The van der Waals surface area contributed by atoms with E-state index in [2.05, 4.69) is 36.1 Å². The Morgan fingerprint density at radius 2 is 2.00 bits per heavy atom. The zero-order valence-electron chi connectivity index (χ0n) is 11.1. The van der Waals surface area contributed by atoms with Gasteiger partial charge in [-0.3, -0.25) is 0 Å². The molecule has 0 amide bonds. The maximum atomic E-state index is 5.96. The van der Waals surface area contributed by atoms with Crippen molar-refractivity contribution in [3.63, 3.8) is 0 Å². The average Bonchev–Trinajstić information content (AvgIpc) is 2.75. The van der Waals surface area contributed by atoms with Crippen LogP contribution in [-0.4, -0.2) is 9.97 Å². The second-order valence-electron chi connectivity index (χ2n) is 5.29. The van der Waals surface area contributed by atoms with E-state index >= 15 is 0 Å². The number of rotatable bonds is 2. The molecular weight excluding hydrogens is 244 g/mol. The molecule has 0 radical (unpaired) electrons. The van der Waals surface area contributed by atoms with Crippen LogP contribution in [0.1, 0.15) is 32.2 Å². The summed E-state index contributed by atoms with van der Waals surface area (Å²) in [7, 11) is 0. The summed E-state index contributed by atoms with van der Waals surface area (Å²) < 4.78 is 0. The average molecular weight is 262 g/mol. The predicted molar refractivity (Wildman–Crippen MR) is 77.5 cm³/mol. The molecule has 2 aromatic heterocycles. The molecule has 0 saturated carbocycles. The van der Waals surface area contributed by atoms with Crippen LogP contribution in [0.25, 0.3) is 0 Å². The first-order valence-electron chi connectivity index (χ1n) is 5.82. The van der Waals surface area contributed by atoms with Gasteiger partial charge < -0.3 is 11.1 Å². The van der Waals surface area contributed by atoms with E-state index in [0.29, 0.717) is 5.82 Å². The molecule has 0 spiro atoms. The predicted octanol–water partition coefficient (Wildman–Crippen LogP) is 3.47. The highest BCUT2D eigenvalue weighted by atomic mass is 32.1. The van der Waals surface area contributed by atoms with Crippen molar-refractivity contribution in [2.75, 3.05) is 11.1 Å². The molecule has 0 fully saturated rings. The highest BCUT2D eigenvalue weighted by Crippen LogP contribution is 2.27. The summed E-state index contributed by atoms with van der Waals surface area (Å²) in [6.07, 6.45) is 0. The lowest BCUT2D eigenvalue weighted by molar-refractivity contribution is 0.546. The molecule has 0 aliphatic rings. The maximum Gasteiger partial charge on any atom is 0.139 e. The number of nitrogens with two attached hydrogens (primary N) is 1. The minimum Gasteiger partial charge on any atom is -0.383 e. The minimum absolute atomic E-state index is 0.118. The van der Waals surface area contributed by atoms with Gasteiger partial charge in [-0.1, -0.05) is 20.8 Å². The molecule has 2 rings (SSSR count). The highest BCUT2D eigenvalue weighted by Gasteiger charge is 2.20. The Kier molecular flexibility index (Phi) is 3.26. The number of hydrogen-bond acceptors (Lipinski definition) is 5. The van der Waals surface area contributed by atoms with Crippen LogP contribution in [0.3, 0.4) is 0 Å². The number of hydrogen-bond donors (Lipinski definition) is 2. The Bertz CT molecular complexity index is 541. The van der Waals surface area contributed by atoms with Crippen molar-refractivity contribution in [1.29, 1.82) is 0 Å². The quantitative estimate of drug-likeness (QED) is 0.869. The van der Waals surface area contributed by atoms with Crippen molar-refractivity contribution in [2.45, 2.75) is 33.1 Å². The van der Waals surface area contributed by atoms with Gasteiger partial charge in [0, 0.05) is 16.4 Å². The van der Waals surface area contributed by atoms with Crippen molar-refractivity contribution in [2.24, 2.45) is 0 Å². The number of thiophene rings is 1. The van der Waals surface area contributed by atoms with E-state index in [1.807, 2.05) is 23.8 Å². The van der Waals surface area contributed by atoms with E-state index in [1.165, 1.54) is 0 Å². The molecule has 96 valence electrons. The molecule has 0 aliphatic heterocycles. The Hall–Kier alpha value is -1.62. The summed E-state index contributed by atoms with van der Waals surface area (Å²) in [4.78, 5) is 8.94. The molecule has 2 aromatic rings. The number of aromatic nitrogens is 2. The molecule has 0 aromatic carbocycles.